The topological polar surface area (TPSA) is 87.6 Å². The molecule has 0 radical (unpaired) electrons. The molecule has 0 saturated carbocycles. The van der Waals surface area contributed by atoms with Crippen LogP contribution in [-0.4, -0.2) is 26.3 Å². The van der Waals surface area contributed by atoms with Crippen molar-refractivity contribution in [3.8, 4) is 0 Å². The van der Waals surface area contributed by atoms with Crippen molar-refractivity contribution in [2.45, 2.75) is 12.5 Å². The van der Waals surface area contributed by atoms with Crippen LogP contribution in [0, 0.1) is 0 Å². The number of nitrogens with zero attached hydrogens (tertiary/aromatic N) is 1. The SMILES string of the molecule is CS(=O)(=O)NCc1ccc(N=C(c2ccccc2)C2C(=O)Nc3ccccc32)cc1. The molecule has 3 aromatic carbocycles. The van der Waals surface area contributed by atoms with Crippen LogP contribution in [0.4, 0.5) is 11.4 Å². The summed E-state index contributed by atoms with van der Waals surface area (Å²) in [6.07, 6.45) is 1.13. The third-order valence-electron chi connectivity index (χ3n) is 4.86. The first-order chi connectivity index (χ1) is 14.4. The highest BCUT2D eigenvalue weighted by atomic mass is 32.2. The van der Waals surface area contributed by atoms with E-state index in [9.17, 15) is 13.2 Å². The Morgan fingerprint density at radius 3 is 2.33 bits per heavy atom. The number of fused-ring (bicyclic) bond motifs is 1. The number of sulfonamides is 1. The Bertz CT molecular complexity index is 1200. The van der Waals surface area contributed by atoms with Gasteiger partial charge in [-0.3, -0.25) is 9.79 Å². The number of hydrogen-bond acceptors (Lipinski definition) is 4. The lowest BCUT2D eigenvalue weighted by molar-refractivity contribution is -0.115. The van der Waals surface area contributed by atoms with Crippen molar-refractivity contribution in [1.82, 2.24) is 4.72 Å². The Hall–Kier alpha value is -3.29. The maximum absolute atomic E-state index is 12.8. The van der Waals surface area contributed by atoms with E-state index in [1.54, 1.807) is 0 Å². The zero-order chi connectivity index (χ0) is 21.1. The Labute approximate surface area is 175 Å². The fourth-order valence-corrected chi connectivity index (χ4v) is 3.86. The number of benzene rings is 3. The molecule has 2 N–H and O–H groups in total. The minimum absolute atomic E-state index is 0.104. The van der Waals surface area contributed by atoms with Gasteiger partial charge in [-0.1, -0.05) is 60.7 Å². The van der Waals surface area contributed by atoms with Crippen LogP contribution in [0.5, 0.6) is 0 Å². The van der Waals surface area contributed by atoms with Crippen molar-refractivity contribution in [3.05, 3.63) is 95.6 Å². The Balaban J connectivity index is 1.71. The van der Waals surface area contributed by atoms with Gasteiger partial charge in [0.25, 0.3) is 0 Å². The summed E-state index contributed by atoms with van der Waals surface area (Å²) in [7, 11) is -3.26. The van der Waals surface area contributed by atoms with Gasteiger partial charge in [0.2, 0.25) is 15.9 Å². The van der Waals surface area contributed by atoms with Crippen LogP contribution in [0.1, 0.15) is 22.6 Å². The quantitative estimate of drug-likeness (QED) is 0.599. The third-order valence-corrected chi connectivity index (χ3v) is 5.53. The van der Waals surface area contributed by atoms with Gasteiger partial charge in [0.15, 0.2) is 0 Å². The first kappa shape index (κ1) is 20.0. The van der Waals surface area contributed by atoms with Crippen LogP contribution in [0.2, 0.25) is 0 Å². The standard InChI is InChI=1S/C23H21N3O3S/c1-30(28,29)24-15-16-11-13-18(14-12-16)25-22(17-7-3-2-4-8-17)21-19-9-5-6-10-20(19)26-23(21)27/h2-14,21,24H,15H2,1H3,(H,26,27). The van der Waals surface area contributed by atoms with Crippen molar-refractivity contribution in [1.29, 1.82) is 0 Å². The molecule has 1 aliphatic heterocycles. The van der Waals surface area contributed by atoms with Crippen LogP contribution < -0.4 is 10.0 Å². The van der Waals surface area contributed by atoms with Gasteiger partial charge in [-0.2, -0.15) is 0 Å². The molecule has 0 fully saturated rings. The molecule has 1 heterocycles. The summed E-state index contributed by atoms with van der Waals surface area (Å²) in [5.41, 5.74) is 4.76. The minimum atomic E-state index is -3.26. The highest BCUT2D eigenvalue weighted by Gasteiger charge is 2.35. The molecule has 6 nitrogen and oxygen atoms in total. The molecular formula is C23H21N3O3S. The first-order valence-corrected chi connectivity index (χ1v) is 11.4. The van der Waals surface area contributed by atoms with Gasteiger partial charge in [0.05, 0.1) is 17.7 Å². The number of carbonyl (C=O) groups excluding carboxylic acids is 1. The van der Waals surface area contributed by atoms with E-state index in [2.05, 4.69) is 10.0 Å². The number of rotatable bonds is 6. The predicted octanol–water partition coefficient (Wildman–Crippen LogP) is 3.59. The van der Waals surface area contributed by atoms with Crippen molar-refractivity contribution in [2.75, 3.05) is 11.6 Å². The number of para-hydroxylation sites is 1. The molecular weight excluding hydrogens is 398 g/mol. The lowest BCUT2D eigenvalue weighted by Crippen LogP contribution is -2.22. The third kappa shape index (κ3) is 4.48. The molecule has 0 saturated heterocycles. The maximum Gasteiger partial charge on any atom is 0.238 e. The summed E-state index contributed by atoms with van der Waals surface area (Å²) in [5.74, 6) is -0.608. The summed E-state index contributed by atoms with van der Waals surface area (Å²) in [5, 5.41) is 2.94. The highest BCUT2D eigenvalue weighted by Crippen LogP contribution is 2.36. The molecule has 1 amide bonds. The van der Waals surface area contributed by atoms with Crippen LogP contribution in [0.15, 0.2) is 83.9 Å². The van der Waals surface area contributed by atoms with Gasteiger partial charge in [0.1, 0.15) is 5.92 Å². The van der Waals surface area contributed by atoms with Crippen LogP contribution in [0.25, 0.3) is 0 Å². The van der Waals surface area contributed by atoms with Crippen molar-refractivity contribution >= 4 is 33.0 Å². The monoisotopic (exact) mass is 419 g/mol. The normalized spacial score (nSPS) is 16.2. The average Bonchev–Trinajstić information content (AvgIpc) is 3.07. The molecule has 3 aromatic rings. The first-order valence-electron chi connectivity index (χ1n) is 9.48. The van der Waals surface area contributed by atoms with Crippen molar-refractivity contribution < 1.29 is 13.2 Å². The molecule has 4 rings (SSSR count). The molecule has 30 heavy (non-hydrogen) atoms. The van der Waals surface area contributed by atoms with Crippen LogP contribution in [0.3, 0.4) is 0 Å². The van der Waals surface area contributed by atoms with Gasteiger partial charge in [0, 0.05) is 12.2 Å². The van der Waals surface area contributed by atoms with E-state index in [4.69, 9.17) is 4.99 Å². The molecule has 1 unspecified atom stereocenters. The van der Waals surface area contributed by atoms with E-state index in [1.807, 2.05) is 78.9 Å². The van der Waals surface area contributed by atoms with Crippen LogP contribution >= 0.6 is 0 Å². The Morgan fingerprint density at radius 1 is 0.967 bits per heavy atom. The number of nitrogens with one attached hydrogen (secondary N) is 2. The molecule has 0 bridgehead atoms. The second-order valence-electron chi connectivity index (χ2n) is 7.13. The number of hydrogen-bond donors (Lipinski definition) is 2. The van der Waals surface area contributed by atoms with Gasteiger partial charge < -0.3 is 5.32 Å². The average molecular weight is 420 g/mol. The molecule has 1 atom stereocenters. The van der Waals surface area contributed by atoms with E-state index >= 15 is 0 Å². The summed E-state index contributed by atoms with van der Waals surface area (Å²) < 4.78 is 25.0. The summed E-state index contributed by atoms with van der Waals surface area (Å²) in [6.45, 7) is 0.215. The fraction of sp³-hybridized carbons (Fsp3) is 0.130. The smallest absolute Gasteiger partial charge is 0.238 e. The predicted molar refractivity (Wildman–Crippen MR) is 119 cm³/mol. The minimum Gasteiger partial charge on any atom is -0.325 e. The maximum atomic E-state index is 12.8. The van der Waals surface area contributed by atoms with Crippen molar-refractivity contribution in [3.63, 3.8) is 0 Å². The second kappa shape index (κ2) is 8.22. The largest absolute Gasteiger partial charge is 0.325 e. The summed E-state index contributed by atoms with van der Waals surface area (Å²) >= 11 is 0. The zero-order valence-corrected chi connectivity index (χ0v) is 17.2. The number of aliphatic imine (C=N–C) groups is 1. The number of amides is 1. The molecule has 7 heteroatoms. The van der Waals surface area contributed by atoms with E-state index < -0.39 is 15.9 Å². The van der Waals surface area contributed by atoms with E-state index in [1.165, 1.54) is 0 Å². The van der Waals surface area contributed by atoms with E-state index in [-0.39, 0.29) is 12.5 Å². The molecule has 0 aliphatic carbocycles. The Morgan fingerprint density at radius 2 is 1.63 bits per heavy atom. The van der Waals surface area contributed by atoms with E-state index in [0.29, 0.717) is 11.4 Å². The second-order valence-corrected chi connectivity index (χ2v) is 8.97. The fourth-order valence-electron chi connectivity index (χ4n) is 3.43. The highest BCUT2D eigenvalue weighted by molar-refractivity contribution is 7.88. The molecule has 0 spiro atoms. The summed E-state index contributed by atoms with van der Waals surface area (Å²) in [4.78, 5) is 17.6. The van der Waals surface area contributed by atoms with Gasteiger partial charge >= 0.3 is 0 Å². The lowest BCUT2D eigenvalue weighted by Gasteiger charge is -2.14. The van der Waals surface area contributed by atoms with Gasteiger partial charge in [-0.25, -0.2) is 13.1 Å². The zero-order valence-electron chi connectivity index (χ0n) is 16.4. The Kier molecular flexibility index (Phi) is 5.48. The summed E-state index contributed by atoms with van der Waals surface area (Å²) in [6, 6.07) is 24.6. The van der Waals surface area contributed by atoms with Gasteiger partial charge in [-0.05, 0) is 34.9 Å². The van der Waals surface area contributed by atoms with Gasteiger partial charge in [-0.15, -0.1) is 0 Å². The number of anilines is 1. The lowest BCUT2D eigenvalue weighted by atomic mass is 9.90. The van der Waals surface area contributed by atoms with Crippen molar-refractivity contribution in [2.24, 2.45) is 4.99 Å². The number of carbonyl (C=O) groups is 1. The molecule has 0 aromatic heterocycles. The van der Waals surface area contributed by atoms with Crippen LogP contribution in [-0.2, 0) is 21.4 Å². The van der Waals surface area contributed by atoms with E-state index in [0.717, 1.165) is 28.6 Å². The molecule has 152 valence electrons. The molecule has 1 aliphatic rings.